The van der Waals surface area contributed by atoms with Gasteiger partial charge in [0.25, 0.3) is 0 Å². The zero-order valence-corrected chi connectivity index (χ0v) is 10.4. The number of anilines is 1. The molecule has 1 aliphatic rings. The van der Waals surface area contributed by atoms with Crippen molar-refractivity contribution in [2.24, 2.45) is 0 Å². The lowest BCUT2D eigenvalue weighted by molar-refractivity contribution is 0.252. The molecule has 88 valence electrons. The molecule has 2 rings (SSSR count). The minimum absolute atomic E-state index is 0.179. The number of hydrogen-bond donors (Lipinski definition) is 2. The molecule has 0 aromatic carbocycles. The van der Waals surface area contributed by atoms with Crippen LogP contribution in [-0.2, 0) is 13.0 Å². The Morgan fingerprint density at radius 2 is 2.44 bits per heavy atom. The van der Waals surface area contributed by atoms with Gasteiger partial charge in [0, 0.05) is 30.9 Å². The van der Waals surface area contributed by atoms with Crippen LogP contribution in [0.15, 0.2) is 0 Å². The molecule has 1 aromatic heterocycles. The number of urea groups is 1. The number of carbonyl (C=O) groups excluding carboxylic acids is 1. The van der Waals surface area contributed by atoms with Gasteiger partial charge in [0.2, 0.25) is 0 Å². The average molecular weight is 240 g/mol. The fraction of sp³-hybridized carbons (Fsp3) is 0.600. The molecule has 1 aliphatic heterocycles. The number of nitrogens with one attached hydrogen (secondary N) is 2. The van der Waals surface area contributed by atoms with Crippen molar-refractivity contribution in [1.29, 1.82) is 0 Å². The third kappa shape index (κ3) is 2.51. The van der Waals surface area contributed by atoms with Gasteiger partial charge in [0.15, 0.2) is 5.13 Å². The van der Waals surface area contributed by atoms with E-state index in [4.69, 9.17) is 0 Å². The number of rotatable bonds is 2. The quantitative estimate of drug-likeness (QED) is 0.818. The van der Waals surface area contributed by atoms with Gasteiger partial charge in [-0.05, 0) is 14.0 Å². The van der Waals surface area contributed by atoms with E-state index in [1.54, 1.807) is 11.3 Å². The molecule has 0 fully saturated rings. The highest BCUT2D eigenvalue weighted by atomic mass is 32.1. The van der Waals surface area contributed by atoms with Crippen molar-refractivity contribution in [3.63, 3.8) is 0 Å². The van der Waals surface area contributed by atoms with E-state index >= 15 is 0 Å². The molecule has 2 N–H and O–H groups in total. The van der Waals surface area contributed by atoms with E-state index in [-0.39, 0.29) is 6.03 Å². The van der Waals surface area contributed by atoms with Crippen LogP contribution >= 0.6 is 11.3 Å². The van der Waals surface area contributed by atoms with Crippen LogP contribution in [-0.4, -0.2) is 36.1 Å². The van der Waals surface area contributed by atoms with Gasteiger partial charge < -0.3 is 10.2 Å². The first kappa shape index (κ1) is 11.3. The first-order valence-corrected chi connectivity index (χ1v) is 6.22. The zero-order chi connectivity index (χ0) is 11.5. The van der Waals surface area contributed by atoms with Gasteiger partial charge >= 0.3 is 6.03 Å². The smallest absolute Gasteiger partial charge is 0.321 e. The summed E-state index contributed by atoms with van der Waals surface area (Å²) in [4.78, 5) is 19.3. The number of carbonyl (C=O) groups is 1. The van der Waals surface area contributed by atoms with E-state index in [1.165, 1.54) is 4.88 Å². The molecule has 0 unspecified atom stereocenters. The summed E-state index contributed by atoms with van der Waals surface area (Å²) >= 11 is 1.57. The van der Waals surface area contributed by atoms with Crippen molar-refractivity contribution in [3.8, 4) is 0 Å². The van der Waals surface area contributed by atoms with Crippen LogP contribution in [0.25, 0.3) is 0 Å². The largest absolute Gasteiger partial charge is 0.338 e. The summed E-state index contributed by atoms with van der Waals surface area (Å²) in [5, 5.41) is 6.14. The fourth-order valence-electron chi connectivity index (χ4n) is 1.68. The summed E-state index contributed by atoms with van der Waals surface area (Å²) in [7, 11) is 2.10. The van der Waals surface area contributed by atoms with Crippen molar-refractivity contribution in [2.45, 2.75) is 19.9 Å². The van der Waals surface area contributed by atoms with Gasteiger partial charge in [-0.2, -0.15) is 0 Å². The maximum atomic E-state index is 11.3. The second kappa shape index (κ2) is 4.80. The number of fused-ring (bicyclic) bond motifs is 1. The molecule has 0 radical (unpaired) electrons. The van der Waals surface area contributed by atoms with E-state index in [1.807, 2.05) is 6.92 Å². The number of amides is 2. The Labute approximate surface area is 98.9 Å². The van der Waals surface area contributed by atoms with Crippen molar-refractivity contribution in [1.82, 2.24) is 15.2 Å². The number of likely N-dealkylation sites (N-methyl/N-ethyl adjacent to an activating group) is 1. The monoisotopic (exact) mass is 240 g/mol. The van der Waals surface area contributed by atoms with Gasteiger partial charge in [0.05, 0.1) is 5.69 Å². The van der Waals surface area contributed by atoms with Crippen molar-refractivity contribution >= 4 is 22.5 Å². The van der Waals surface area contributed by atoms with Gasteiger partial charge in [-0.25, -0.2) is 9.78 Å². The number of thiazole rings is 1. The van der Waals surface area contributed by atoms with Crippen LogP contribution in [0.5, 0.6) is 0 Å². The Kier molecular flexibility index (Phi) is 3.40. The third-order valence-corrected chi connectivity index (χ3v) is 3.48. The summed E-state index contributed by atoms with van der Waals surface area (Å²) in [6, 6.07) is -0.179. The maximum Gasteiger partial charge on any atom is 0.321 e. The molecular formula is C10H16N4OS. The minimum atomic E-state index is -0.179. The molecule has 0 saturated carbocycles. The zero-order valence-electron chi connectivity index (χ0n) is 9.54. The summed E-state index contributed by atoms with van der Waals surface area (Å²) in [5.41, 5.74) is 1.13. The summed E-state index contributed by atoms with van der Waals surface area (Å²) < 4.78 is 0. The molecule has 0 spiro atoms. The third-order valence-electron chi connectivity index (χ3n) is 2.48. The highest BCUT2D eigenvalue weighted by Crippen LogP contribution is 2.27. The lowest BCUT2D eigenvalue weighted by atomic mass is 10.2. The van der Waals surface area contributed by atoms with Gasteiger partial charge in [0.1, 0.15) is 0 Å². The van der Waals surface area contributed by atoms with Crippen molar-refractivity contribution in [2.75, 3.05) is 25.5 Å². The van der Waals surface area contributed by atoms with Crippen molar-refractivity contribution < 1.29 is 4.79 Å². The minimum Gasteiger partial charge on any atom is -0.338 e. The highest BCUT2D eigenvalue weighted by molar-refractivity contribution is 7.15. The Bertz CT molecular complexity index is 390. The molecule has 16 heavy (non-hydrogen) atoms. The Hall–Kier alpha value is -1.14. The molecule has 2 heterocycles. The molecular weight excluding hydrogens is 224 g/mol. The molecule has 5 nitrogen and oxygen atoms in total. The van der Waals surface area contributed by atoms with Crippen LogP contribution in [0.2, 0.25) is 0 Å². The predicted molar refractivity (Wildman–Crippen MR) is 64.8 cm³/mol. The van der Waals surface area contributed by atoms with E-state index in [9.17, 15) is 4.79 Å². The summed E-state index contributed by atoms with van der Waals surface area (Å²) in [6.45, 7) is 4.49. The highest BCUT2D eigenvalue weighted by Gasteiger charge is 2.18. The molecule has 0 bridgehead atoms. The van der Waals surface area contributed by atoms with Crippen molar-refractivity contribution in [3.05, 3.63) is 10.6 Å². The summed E-state index contributed by atoms with van der Waals surface area (Å²) in [6.07, 6.45) is 0.972. The summed E-state index contributed by atoms with van der Waals surface area (Å²) in [5.74, 6) is 0. The average Bonchev–Trinajstić information content (AvgIpc) is 2.59. The van der Waals surface area contributed by atoms with Gasteiger partial charge in [-0.1, -0.05) is 0 Å². The Balaban J connectivity index is 2.04. The Morgan fingerprint density at radius 3 is 3.19 bits per heavy atom. The second-order valence-electron chi connectivity index (χ2n) is 3.86. The number of hydrogen-bond acceptors (Lipinski definition) is 4. The number of aromatic nitrogens is 1. The topological polar surface area (TPSA) is 57.3 Å². The molecule has 0 aliphatic carbocycles. The van der Waals surface area contributed by atoms with Crippen LogP contribution in [0, 0.1) is 0 Å². The van der Waals surface area contributed by atoms with E-state index in [2.05, 4.69) is 27.6 Å². The van der Waals surface area contributed by atoms with Crippen LogP contribution in [0.3, 0.4) is 0 Å². The van der Waals surface area contributed by atoms with Crippen LogP contribution in [0.4, 0.5) is 9.93 Å². The van der Waals surface area contributed by atoms with E-state index < -0.39 is 0 Å². The second-order valence-corrected chi connectivity index (χ2v) is 4.94. The SMILES string of the molecule is CCNC(=O)Nc1nc2c(s1)CN(C)CC2. The normalized spacial score (nSPS) is 15.6. The molecule has 1 aromatic rings. The maximum absolute atomic E-state index is 11.3. The standard InChI is InChI=1S/C10H16N4OS/c1-3-11-9(15)13-10-12-7-4-5-14(2)6-8(7)16-10/h3-6H2,1-2H3,(H2,11,12,13,15). The Morgan fingerprint density at radius 1 is 1.62 bits per heavy atom. The molecule has 2 amide bonds. The fourth-order valence-corrected chi connectivity index (χ4v) is 2.76. The predicted octanol–water partition coefficient (Wildman–Crippen LogP) is 1.27. The van der Waals surface area contributed by atoms with Gasteiger partial charge in [-0.15, -0.1) is 11.3 Å². The van der Waals surface area contributed by atoms with Crippen LogP contribution < -0.4 is 10.6 Å². The first-order chi connectivity index (χ1) is 7.69. The number of nitrogens with zero attached hydrogens (tertiary/aromatic N) is 2. The van der Waals surface area contributed by atoms with Crippen LogP contribution in [0.1, 0.15) is 17.5 Å². The van der Waals surface area contributed by atoms with E-state index in [0.29, 0.717) is 11.7 Å². The molecule has 6 heteroatoms. The lowest BCUT2D eigenvalue weighted by Crippen LogP contribution is -2.28. The van der Waals surface area contributed by atoms with E-state index in [0.717, 1.165) is 25.2 Å². The molecule has 0 atom stereocenters. The lowest BCUT2D eigenvalue weighted by Gasteiger charge is -2.20. The van der Waals surface area contributed by atoms with Gasteiger partial charge in [-0.3, -0.25) is 5.32 Å². The first-order valence-electron chi connectivity index (χ1n) is 5.41. The molecule has 0 saturated heterocycles.